The number of halogens is 2. The van der Waals surface area contributed by atoms with Crippen LogP contribution >= 0.6 is 23.2 Å². The number of rotatable bonds is 4. The van der Waals surface area contributed by atoms with E-state index in [9.17, 15) is 4.79 Å². The zero-order chi connectivity index (χ0) is 13.0. The van der Waals surface area contributed by atoms with E-state index in [0.29, 0.717) is 22.0 Å². The summed E-state index contributed by atoms with van der Waals surface area (Å²) >= 11 is 12.0. The van der Waals surface area contributed by atoms with E-state index in [1.54, 1.807) is 18.2 Å². The number of Topliss-reactive ketones (excluding diaryl/α,β-unsaturated/α-hetero) is 1. The lowest BCUT2D eigenvalue weighted by Gasteiger charge is -2.26. The van der Waals surface area contributed by atoms with Crippen LogP contribution in [0.5, 0.6) is 0 Å². The summed E-state index contributed by atoms with van der Waals surface area (Å²) in [6, 6.07) is 5.21. The van der Waals surface area contributed by atoms with Crippen LogP contribution in [0.25, 0.3) is 0 Å². The quantitative estimate of drug-likeness (QED) is 0.778. The lowest BCUT2D eigenvalue weighted by atomic mass is 10.1. The van der Waals surface area contributed by atoms with Crippen LogP contribution in [0.1, 0.15) is 36.0 Å². The third-order valence-electron chi connectivity index (χ3n) is 3.36. The van der Waals surface area contributed by atoms with Gasteiger partial charge in [-0.15, -0.1) is 0 Å². The fourth-order valence-electron chi connectivity index (χ4n) is 2.30. The number of hydrogen-bond acceptors (Lipinski definition) is 2. The molecule has 4 heteroatoms. The number of benzene rings is 1. The maximum atomic E-state index is 12.1. The highest BCUT2D eigenvalue weighted by molar-refractivity contribution is 6.43. The van der Waals surface area contributed by atoms with Crippen LogP contribution in [0.15, 0.2) is 18.2 Å². The van der Waals surface area contributed by atoms with Gasteiger partial charge in [-0.3, -0.25) is 4.79 Å². The first-order valence-corrected chi connectivity index (χ1v) is 7.13. The van der Waals surface area contributed by atoms with Gasteiger partial charge in [0.1, 0.15) is 0 Å². The summed E-state index contributed by atoms with van der Waals surface area (Å²) in [4.78, 5) is 14.4. The number of carbonyl (C=O) groups is 1. The normalized spacial score (nSPS) is 16.8. The molecule has 1 aromatic rings. The molecular weight excluding hydrogens is 269 g/mol. The van der Waals surface area contributed by atoms with Gasteiger partial charge in [-0.05, 0) is 38.1 Å². The molecule has 1 saturated heterocycles. The standard InChI is InChI=1S/C14H17Cl2NO/c15-12-6-4-5-11(14(12)16)13(18)7-10-17-8-2-1-3-9-17/h4-6H,1-3,7-10H2. The van der Waals surface area contributed by atoms with Gasteiger partial charge in [0, 0.05) is 18.5 Å². The molecule has 0 aliphatic carbocycles. The van der Waals surface area contributed by atoms with Gasteiger partial charge in [0.2, 0.25) is 0 Å². The third kappa shape index (κ3) is 3.47. The Hall–Kier alpha value is -0.570. The number of carbonyl (C=O) groups excluding carboxylic acids is 1. The van der Waals surface area contributed by atoms with E-state index in [2.05, 4.69) is 4.90 Å². The summed E-state index contributed by atoms with van der Waals surface area (Å²) in [7, 11) is 0. The van der Waals surface area contributed by atoms with Gasteiger partial charge in [0.25, 0.3) is 0 Å². The number of hydrogen-bond donors (Lipinski definition) is 0. The zero-order valence-electron chi connectivity index (χ0n) is 10.3. The van der Waals surface area contributed by atoms with Gasteiger partial charge < -0.3 is 4.90 Å². The molecule has 1 fully saturated rings. The fraction of sp³-hybridized carbons (Fsp3) is 0.500. The van der Waals surface area contributed by atoms with E-state index in [1.165, 1.54) is 19.3 Å². The van der Waals surface area contributed by atoms with Gasteiger partial charge in [0.15, 0.2) is 5.78 Å². The molecule has 0 unspecified atom stereocenters. The van der Waals surface area contributed by atoms with Crippen molar-refractivity contribution in [1.29, 1.82) is 0 Å². The molecule has 1 aliphatic heterocycles. The Morgan fingerprint density at radius 2 is 1.89 bits per heavy atom. The van der Waals surface area contributed by atoms with E-state index in [1.807, 2.05) is 0 Å². The summed E-state index contributed by atoms with van der Waals surface area (Å²) in [5, 5.41) is 0.823. The van der Waals surface area contributed by atoms with Gasteiger partial charge in [-0.25, -0.2) is 0 Å². The van der Waals surface area contributed by atoms with Gasteiger partial charge in [-0.1, -0.05) is 35.7 Å². The largest absolute Gasteiger partial charge is 0.303 e. The molecule has 0 N–H and O–H groups in total. The Balaban J connectivity index is 1.93. The van der Waals surface area contributed by atoms with E-state index in [-0.39, 0.29) is 5.78 Å². The number of ketones is 1. The second-order valence-corrected chi connectivity index (χ2v) is 5.46. The van der Waals surface area contributed by atoms with Crippen LogP contribution in [0, 0.1) is 0 Å². The molecule has 98 valence electrons. The minimum absolute atomic E-state index is 0.0769. The van der Waals surface area contributed by atoms with Crippen LogP contribution in [0.2, 0.25) is 10.0 Å². The molecule has 0 amide bonds. The van der Waals surface area contributed by atoms with E-state index >= 15 is 0 Å². The van der Waals surface area contributed by atoms with Crippen LogP contribution in [0.4, 0.5) is 0 Å². The predicted octanol–water partition coefficient (Wildman–Crippen LogP) is 4.05. The first-order chi connectivity index (χ1) is 8.68. The second kappa shape index (κ2) is 6.55. The average Bonchev–Trinajstić information content (AvgIpc) is 2.40. The number of piperidine rings is 1. The molecule has 1 aliphatic rings. The van der Waals surface area contributed by atoms with Crippen molar-refractivity contribution in [1.82, 2.24) is 4.90 Å². The lowest BCUT2D eigenvalue weighted by molar-refractivity contribution is 0.0959. The van der Waals surface area contributed by atoms with Crippen molar-refractivity contribution in [3.63, 3.8) is 0 Å². The molecule has 0 saturated carbocycles. The summed E-state index contributed by atoms with van der Waals surface area (Å²) in [5.74, 6) is 0.0769. The van der Waals surface area contributed by atoms with Crippen molar-refractivity contribution >= 4 is 29.0 Å². The maximum absolute atomic E-state index is 12.1. The van der Waals surface area contributed by atoms with Crippen molar-refractivity contribution in [3.05, 3.63) is 33.8 Å². The van der Waals surface area contributed by atoms with E-state index < -0.39 is 0 Å². The van der Waals surface area contributed by atoms with Crippen molar-refractivity contribution in [3.8, 4) is 0 Å². The Morgan fingerprint density at radius 3 is 2.61 bits per heavy atom. The van der Waals surface area contributed by atoms with Crippen molar-refractivity contribution < 1.29 is 4.79 Å². The first-order valence-electron chi connectivity index (χ1n) is 6.38. The number of likely N-dealkylation sites (tertiary alicyclic amines) is 1. The summed E-state index contributed by atoms with van der Waals surface area (Å²) in [6.45, 7) is 3.04. The molecule has 0 radical (unpaired) electrons. The van der Waals surface area contributed by atoms with E-state index in [4.69, 9.17) is 23.2 Å². The Morgan fingerprint density at radius 1 is 1.17 bits per heavy atom. The van der Waals surface area contributed by atoms with Crippen molar-refractivity contribution in [2.45, 2.75) is 25.7 Å². The summed E-state index contributed by atoms with van der Waals surface area (Å²) in [5.41, 5.74) is 0.543. The van der Waals surface area contributed by atoms with Crippen LogP contribution in [0.3, 0.4) is 0 Å². The maximum Gasteiger partial charge on any atom is 0.165 e. The monoisotopic (exact) mass is 285 g/mol. The van der Waals surface area contributed by atoms with Crippen LogP contribution < -0.4 is 0 Å². The molecule has 18 heavy (non-hydrogen) atoms. The second-order valence-electron chi connectivity index (χ2n) is 4.68. The Labute approximate surface area is 118 Å². The third-order valence-corrected chi connectivity index (χ3v) is 4.17. The Bertz CT molecular complexity index is 428. The minimum atomic E-state index is 0.0769. The first kappa shape index (κ1) is 13.9. The molecular formula is C14H17Cl2NO. The molecule has 2 rings (SSSR count). The SMILES string of the molecule is O=C(CCN1CCCCC1)c1cccc(Cl)c1Cl. The van der Waals surface area contributed by atoms with Crippen LogP contribution in [-0.4, -0.2) is 30.3 Å². The smallest absolute Gasteiger partial charge is 0.165 e. The number of nitrogens with zero attached hydrogens (tertiary/aromatic N) is 1. The highest BCUT2D eigenvalue weighted by atomic mass is 35.5. The van der Waals surface area contributed by atoms with E-state index in [0.717, 1.165) is 19.6 Å². The molecule has 1 aromatic carbocycles. The van der Waals surface area contributed by atoms with Gasteiger partial charge in [-0.2, -0.15) is 0 Å². The van der Waals surface area contributed by atoms with Gasteiger partial charge >= 0.3 is 0 Å². The molecule has 0 bridgehead atoms. The highest BCUT2D eigenvalue weighted by Crippen LogP contribution is 2.26. The molecule has 0 aromatic heterocycles. The molecule has 1 heterocycles. The van der Waals surface area contributed by atoms with Crippen molar-refractivity contribution in [2.75, 3.05) is 19.6 Å². The summed E-state index contributed by atoms with van der Waals surface area (Å²) in [6.07, 6.45) is 4.31. The van der Waals surface area contributed by atoms with Crippen molar-refractivity contribution in [2.24, 2.45) is 0 Å². The highest BCUT2D eigenvalue weighted by Gasteiger charge is 2.15. The minimum Gasteiger partial charge on any atom is -0.303 e. The molecule has 2 nitrogen and oxygen atoms in total. The topological polar surface area (TPSA) is 20.3 Å². The molecule has 0 atom stereocenters. The average molecular weight is 286 g/mol. The Kier molecular flexibility index (Phi) is 5.04. The fourth-order valence-corrected chi connectivity index (χ4v) is 2.70. The molecule has 0 spiro atoms. The predicted molar refractivity (Wildman–Crippen MR) is 75.7 cm³/mol. The summed E-state index contributed by atoms with van der Waals surface area (Å²) < 4.78 is 0. The van der Waals surface area contributed by atoms with Crippen LogP contribution in [-0.2, 0) is 0 Å². The van der Waals surface area contributed by atoms with Gasteiger partial charge in [0.05, 0.1) is 10.0 Å². The zero-order valence-corrected chi connectivity index (χ0v) is 11.8. The lowest BCUT2D eigenvalue weighted by Crippen LogP contribution is -2.31.